The van der Waals surface area contributed by atoms with E-state index < -0.39 is 11.6 Å². The molecule has 0 saturated heterocycles. The molecule has 1 aliphatic heterocycles. The van der Waals surface area contributed by atoms with E-state index in [0.717, 1.165) is 40.4 Å². The highest BCUT2D eigenvalue weighted by atomic mass is 79.9. The summed E-state index contributed by atoms with van der Waals surface area (Å²) < 4.78 is 30.3. The molecule has 0 bridgehead atoms. The maximum atomic E-state index is 13.4. The third kappa shape index (κ3) is 2.36. The first kappa shape index (κ1) is 13.2. The van der Waals surface area contributed by atoms with Gasteiger partial charge in [-0.05, 0) is 62.4 Å². The lowest BCUT2D eigenvalue weighted by Crippen LogP contribution is -2.19. The summed E-state index contributed by atoms with van der Waals surface area (Å²) in [5.41, 5.74) is 0.643. The molecule has 3 rings (SSSR count). The van der Waals surface area contributed by atoms with E-state index in [1.54, 1.807) is 0 Å². The second-order valence-electron chi connectivity index (χ2n) is 4.59. The number of hydrogen-bond acceptors (Lipinski definition) is 1. The fourth-order valence-corrected chi connectivity index (χ4v) is 3.52. The molecule has 0 saturated carbocycles. The van der Waals surface area contributed by atoms with Crippen molar-refractivity contribution in [1.29, 1.82) is 0 Å². The zero-order valence-electron chi connectivity index (χ0n) is 9.84. The minimum absolute atomic E-state index is 0.0814. The predicted octanol–water partition coefficient (Wildman–Crippen LogP) is 4.61. The van der Waals surface area contributed by atoms with Crippen LogP contribution in [0.1, 0.15) is 30.3 Å². The van der Waals surface area contributed by atoms with E-state index in [2.05, 4.69) is 36.8 Å². The van der Waals surface area contributed by atoms with Crippen LogP contribution >= 0.6 is 31.9 Å². The molecule has 0 spiro atoms. The van der Waals surface area contributed by atoms with Crippen molar-refractivity contribution in [3.63, 3.8) is 0 Å². The Morgan fingerprint density at radius 2 is 1.84 bits per heavy atom. The Hall–Kier alpha value is -0.750. The van der Waals surface area contributed by atoms with Gasteiger partial charge in [0.05, 0.1) is 6.04 Å². The van der Waals surface area contributed by atoms with Gasteiger partial charge < -0.3 is 4.57 Å². The van der Waals surface area contributed by atoms with Gasteiger partial charge >= 0.3 is 0 Å². The molecule has 2 heterocycles. The zero-order valence-corrected chi connectivity index (χ0v) is 13.0. The monoisotopic (exact) mass is 390 g/mol. The Morgan fingerprint density at radius 1 is 1.16 bits per heavy atom. The van der Waals surface area contributed by atoms with E-state index in [0.29, 0.717) is 5.56 Å². The topological polar surface area (TPSA) is 17.8 Å². The van der Waals surface area contributed by atoms with Gasteiger partial charge in [-0.25, -0.2) is 13.8 Å². The van der Waals surface area contributed by atoms with Crippen molar-refractivity contribution >= 4 is 31.9 Å². The molecule has 6 heteroatoms. The Morgan fingerprint density at radius 3 is 2.53 bits per heavy atom. The van der Waals surface area contributed by atoms with Crippen molar-refractivity contribution < 1.29 is 8.78 Å². The molecule has 1 aromatic heterocycles. The average Bonchev–Trinajstić information content (AvgIpc) is 2.64. The van der Waals surface area contributed by atoms with E-state index in [1.165, 1.54) is 12.1 Å². The van der Waals surface area contributed by atoms with Crippen molar-refractivity contribution in [1.82, 2.24) is 9.55 Å². The van der Waals surface area contributed by atoms with Gasteiger partial charge in [0, 0.05) is 12.5 Å². The number of imidazole rings is 1. The van der Waals surface area contributed by atoms with Gasteiger partial charge in [-0.3, -0.25) is 0 Å². The lowest BCUT2D eigenvalue weighted by atomic mass is 9.97. The molecule has 19 heavy (non-hydrogen) atoms. The number of fused-ring (bicyclic) bond motifs is 1. The summed E-state index contributed by atoms with van der Waals surface area (Å²) in [6, 6.07) is 3.60. The molecule has 1 aromatic carbocycles. The number of halogens is 4. The minimum Gasteiger partial charge on any atom is -0.314 e. The van der Waals surface area contributed by atoms with E-state index in [9.17, 15) is 8.78 Å². The van der Waals surface area contributed by atoms with Crippen molar-refractivity contribution in [2.24, 2.45) is 0 Å². The highest BCUT2D eigenvalue weighted by Gasteiger charge is 2.26. The van der Waals surface area contributed by atoms with Crippen molar-refractivity contribution in [3.05, 3.63) is 50.4 Å². The van der Waals surface area contributed by atoms with E-state index in [-0.39, 0.29) is 6.04 Å². The fourth-order valence-electron chi connectivity index (χ4n) is 2.58. The fraction of sp³-hybridized carbons (Fsp3) is 0.308. The Labute approximate surface area is 126 Å². The van der Waals surface area contributed by atoms with Gasteiger partial charge in [-0.15, -0.1) is 0 Å². The highest BCUT2D eigenvalue weighted by molar-refractivity contribution is 9.13. The average molecular weight is 392 g/mol. The SMILES string of the molecule is Fc1cc(F)cc(C2CCCc3nc(Br)c(Br)n32)c1. The largest absolute Gasteiger partial charge is 0.314 e. The zero-order chi connectivity index (χ0) is 13.6. The molecule has 0 amide bonds. The smallest absolute Gasteiger partial charge is 0.139 e. The predicted molar refractivity (Wildman–Crippen MR) is 75.1 cm³/mol. The van der Waals surface area contributed by atoms with Crippen molar-refractivity contribution in [3.8, 4) is 0 Å². The number of hydrogen-bond donors (Lipinski definition) is 0. The molecule has 1 unspecified atom stereocenters. The van der Waals surface area contributed by atoms with Crippen LogP contribution < -0.4 is 0 Å². The molecular weight excluding hydrogens is 382 g/mol. The van der Waals surface area contributed by atoms with Crippen LogP contribution in [0.4, 0.5) is 8.78 Å². The molecule has 0 N–H and O–H groups in total. The van der Waals surface area contributed by atoms with Crippen molar-refractivity contribution in [2.75, 3.05) is 0 Å². The first-order valence-corrected chi connectivity index (χ1v) is 7.53. The van der Waals surface area contributed by atoms with Gasteiger partial charge in [-0.2, -0.15) is 0 Å². The third-order valence-electron chi connectivity index (χ3n) is 3.35. The molecule has 0 aliphatic carbocycles. The molecule has 2 aromatic rings. The van der Waals surface area contributed by atoms with Crippen LogP contribution in [0.5, 0.6) is 0 Å². The summed E-state index contributed by atoms with van der Waals surface area (Å²) in [7, 11) is 0. The molecule has 0 fully saturated rings. The summed E-state index contributed by atoms with van der Waals surface area (Å²) in [4.78, 5) is 4.42. The quantitative estimate of drug-likeness (QED) is 0.693. The maximum absolute atomic E-state index is 13.4. The van der Waals surface area contributed by atoms with Gasteiger partial charge in [0.25, 0.3) is 0 Å². The second kappa shape index (κ2) is 4.98. The molecule has 1 atom stereocenters. The second-order valence-corrected chi connectivity index (χ2v) is 6.09. The van der Waals surface area contributed by atoms with Gasteiger partial charge in [0.15, 0.2) is 0 Å². The number of aryl methyl sites for hydroxylation is 1. The molecular formula is C13H10Br2F2N2. The summed E-state index contributed by atoms with van der Waals surface area (Å²) in [5.74, 6) is -0.158. The number of aromatic nitrogens is 2. The van der Waals surface area contributed by atoms with Gasteiger partial charge in [-0.1, -0.05) is 0 Å². The van der Waals surface area contributed by atoms with Crippen LogP contribution in [-0.2, 0) is 6.42 Å². The Bertz CT molecular complexity index is 620. The van der Waals surface area contributed by atoms with Gasteiger partial charge in [0.1, 0.15) is 26.7 Å². The lowest BCUT2D eigenvalue weighted by molar-refractivity contribution is 0.440. The summed E-state index contributed by atoms with van der Waals surface area (Å²) >= 11 is 6.86. The lowest BCUT2D eigenvalue weighted by Gasteiger charge is -2.26. The molecule has 2 nitrogen and oxygen atoms in total. The molecule has 100 valence electrons. The van der Waals surface area contributed by atoms with Crippen LogP contribution in [0.15, 0.2) is 27.4 Å². The number of rotatable bonds is 1. The number of benzene rings is 1. The standard InChI is InChI=1S/C13H10Br2F2N2/c14-12-13(15)19-10(2-1-3-11(19)18-12)7-4-8(16)6-9(17)5-7/h4-6,10H,1-3H2. The van der Waals surface area contributed by atoms with Crippen molar-refractivity contribution in [2.45, 2.75) is 25.3 Å². The summed E-state index contributed by atoms with van der Waals surface area (Å²) in [6.45, 7) is 0. The summed E-state index contributed by atoms with van der Waals surface area (Å²) in [5, 5.41) is 0. The first-order valence-electron chi connectivity index (χ1n) is 5.94. The third-order valence-corrected chi connectivity index (χ3v) is 5.19. The van der Waals surface area contributed by atoms with Gasteiger partial charge in [0.2, 0.25) is 0 Å². The normalized spacial score (nSPS) is 18.4. The van der Waals surface area contributed by atoms with Crippen LogP contribution in [0, 0.1) is 11.6 Å². The van der Waals surface area contributed by atoms with E-state index >= 15 is 0 Å². The van der Waals surface area contributed by atoms with E-state index in [4.69, 9.17) is 0 Å². The van der Waals surface area contributed by atoms with Crippen LogP contribution in [0.25, 0.3) is 0 Å². The number of nitrogens with zero attached hydrogens (tertiary/aromatic N) is 2. The maximum Gasteiger partial charge on any atom is 0.139 e. The van der Waals surface area contributed by atoms with Crippen LogP contribution in [-0.4, -0.2) is 9.55 Å². The van der Waals surface area contributed by atoms with Crippen LogP contribution in [0.2, 0.25) is 0 Å². The summed E-state index contributed by atoms with van der Waals surface area (Å²) in [6.07, 6.45) is 2.68. The molecule has 1 aliphatic rings. The Kier molecular flexibility index (Phi) is 3.47. The Balaban J connectivity index is 2.13. The van der Waals surface area contributed by atoms with E-state index in [1.807, 2.05) is 4.57 Å². The first-order chi connectivity index (χ1) is 9.06. The van der Waals surface area contributed by atoms with Crippen LogP contribution in [0.3, 0.4) is 0 Å². The minimum atomic E-state index is -0.544. The molecule has 0 radical (unpaired) electrons. The highest BCUT2D eigenvalue weighted by Crippen LogP contribution is 2.37.